The van der Waals surface area contributed by atoms with Gasteiger partial charge in [0.1, 0.15) is 0 Å². The van der Waals surface area contributed by atoms with Gasteiger partial charge in [-0.2, -0.15) is 5.10 Å². The fourth-order valence-electron chi connectivity index (χ4n) is 1.80. The number of aromatic amines is 1. The summed E-state index contributed by atoms with van der Waals surface area (Å²) in [4.78, 5) is 0. The first-order chi connectivity index (χ1) is 6.86. The fraction of sp³-hybridized carbons (Fsp3) is 0.700. The van der Waals surface area contributed by atoms with Crippen molar-refractivity contribution in [3.63, 3.8) is 0 Å². The number of hydrogen-bond donors (Lipinski definition) is 2. The van der Waals surface area contributed by atoms with Gasteiger partial charge in [0.15, 0.2) is 0 Å². The summed E-state index contributed by atoms with van der Waals surface area (Å²) in [7, 11) is 0. The Hall–Kier alpha value is -0.870. The maximum absolute atomic E-state index is 4.00. The summed E-state index contributed by atoms with van der Waals surface area (Å²) in [5, 5.41) is 9.27. The van der Waals surface area contributed by atoms with Gasteiger partial charge in [0, 0.05) is 30.9 Å². The number of aryl methyl sites for hydroxylation is 1. The molecular weight excluding hydrogens is 176 g/mol. The minimum Gasteiger partial charge on any atom is -0.283 e. The Morgan fingerprint density at radius 2 is 2.21 bits per heavy atom. The summed E-state index contributed by atoms with van der Waals surface area (Å²) in [5.41, 5.74) is 5.86. The van der Waals surface area contributed by atoms with E-state index < -0.39 is 0 Å². The second-order valence-corrected chi connectivity index (χ2v) is 3.90. The van der Waals surface area contributed by atoms with E-state index in [-0.39, 0.29) is 0 Å². The van der Waals surface area contributed by atoms with Crippen molar-refractivity contribution >= 4 is 0 Å². The SMILES string of the molecule is Cc1[nH]ncc1CNN1CCCCC1. The van der Waals surface area contributed by atoms with Crippen LogP contribution < -0.4 is 5.43 Å². The molecule has 0 spiro atoms. The molecule has 2 rings (SSSR count). The average Bonchev–Trinajstić information content (AvgIpc) is 2.63. The zero-order chi connectivity index (χ0) is 9.80. The molecule has 0 saturated carbocycles. The minimum absolute atomic E-state index is 0.891. The van der Waals surface area contributed by atoms with Crippen LogP contribution in [0.4, 0.5) is 0 Å². The first kappa shape index (κ1) is 9.68. The van der Waals surface area contributed by atoms with Gasteiger partial charge in [-0.1, -0.05) is 6.42 Å². The van der Waals surface area contributed by atoms with Gasteiger partial charge in [0.05, 0.1) is 6.20 Å². The van der Waals surface area contributed by atoms with Gasteiger partial charge in [-0.15, -0.1) is 0 Å². The van der Waals surface area contributed by atoms with Gasteiger partial charge in [-0.25, -0.2) is 5.01 Å². The second-order valence-electron chi connectivity index (χ2n) is 3.90. The van der Waals surface area contributed by atoms with Gasteiger partial charge in [-0.05, 0) is 19.8 Å². The minimum atomic E-state index is 0.891. The normalized spacial score (nSPS) is 18.6. The molecule has 0 radical (unpaired) electrons. The summed E-state index contributed by atoms with van der Waals surface area (Å²) >= 11 is 0. The number of hydrogen-bond acceptors (Lipinski definition) is 3. The Morgan fingerprint density at radius 3 is 2.86 bits per heavy atom. The summed E-state index contributed by atoms with van der Waals surface area (Å²) < 4.78 is 0. The van der Waals surface area contributed by atoms with Crippen LogP contribution in [-0.4, -0.2) is 28.3 Å². The molecule has 2 N–H and O–H groups in total. The number of nitrogens with zero attached hydrogens (tertiary/aromatic N) is 2. The lowest BCUT2D eigenvalue weighted by molar-refractivity contribution is 0.151. The van der Waals surface area contributed by atoms with Crippen molar-refractivity contribution in [1.29, 1.82) is 0 Å². The number of aromatic nitrogens is 2. The monoisotopic (exact) mass is 194 g/mol. The Bertz CT molecular complexity index is 275. The third-order valence-corrected chi connectivity index (χ3v) is 2.78. The van der Waals surface area contributed by atoms with E-state index in [0.717, 1.165) is 12.2 Å². The molecule has 1 aromatic rings. The van der Waals surface area contributed by atoms with Crippen LogP contribution in [0.25, 0.3) is 0 Å². The number of rotatable bonds is 3. The van der Waals surface area contributed by atoms with Crippen molar-refractivity contribution in [3.05, 3.63) is 17.5 Å². The number of nitrogens with one attached hydrogen (secondary N) is 2. The quantitative estimate of drug-likeness (QED) is 0.760. The van der Waals surface area contributed by atoms with Crippen molar-refractivity contribution in [3.8, 4) is 0 Å². The van der Waals surface area contributed by atoms with Crippen LogP contribution in [0.15, 0.2) is 6.20 Å². The number of hydrazine groups is 1. The predicted molar refractivity (Wildman–Crippen MR) is 55.6 cm³/mol. The van der Waals surface area contributed by atoms with Crippen molar-refractivity contribution in [2.24, 2.45) is 0 Å². The third kappa shape index (κ3) is 2.33. The van der Waals surface area contributed by atoms with E-state index in [1.54, 1.807) is 0 Å². The molecule has 0 unspecified atom stereocenters. The molecule has 1 saturated heterocycles. The van der Waals surface area contributed by atoms with Crippen molar-refractivity contribution in [2.75, 3.05) is 13.1 Å². The maximum Gasteiger partial charge on any atom is 0.0535 e. The molecule has 1 aliphatic rings. The van der Waals surface area contributed by atoms with E-state index in [1.807, 2.05) is 6.20 Å². The van der Waals surface area contributed by atoms with Crippen LogP contribution in [0.3, 0.4) is 0 Å². The highest BCUT2D eigenvalue weighted by molar-refractivity contribution is 5.13. The van der Waals surface area contributed by atoms with E-state index in [1.165, 1.54) is 37.9 Å². The first-order valence-corrected chi connectivity index (χ1v) is 5.33. The Kier molecular flexibility index (Phi) is 3.16. The summed E-state index contributed by atoms with van der Waals surface area (Å²) in [6.07, 6.45) is 5.91. The molecule has 78 valence electrons. The zero-order valence-corrected chi connectivity index (χ0v) is 8.71. The van der Waals surface area contributed by atoms with Crippen LogP contribution in [0.2, 0.25) is 0 Å². The Balaban J connectivity index is 1.79. The average molecular weight is 194 g/mol. The van der Waals surface area contributed by atoms with Crippen LogP contribution in [0.5, 0.6) is 0 Å². The predicted octanol–water partition coefficient (Wildman–Crippen LogP) is 1.21. The van der Waals surface area contributed by atoms with E-state index in [4.69, 9.17) is 0 Å². The Labute approximate surface area is 84.7 Å². The molecular formula is C10H18N4. The molecule has 1 aromatic heterocycles. The lowest BCUT2D eigenvalue weighted by atomic mass is 10.2. The molecule has 0 aliphatic carbocycles. The van der Waals surface area contributed by atoms with Gasteiger partial charge in [0.2, 0.25) is 0 Å². The van der Waals surface area contributed by atoms with Crippen LogP contribution in [0.1, 0.15) is 30.5 Å². The lowest BCUT2D eigenvalue weighted by Gasteiger charge is -2.26. The lowest BCUT2D eigenvalue weighted by Crippen LogP contribution is -2.41. The van der Waals surface area contributed by atoms with Gasteiger partial charge in [-0.3, -0.25) is 10.5 Å². The third-order valence-electron chi connectivity index (χ3n) is 2.78. The van der Waals surface area contributed by atoms with Crippen molar-refractivity contribution < 1.29 is 0 Å². The molecule has 0 atom stereocenters. The molecule has 4 heteroatoms. The van der Waals surface area contributed by atoms with E-state index >= 15 is 0 Å². The molecule has 4 nitrogen and oxygen atoms in total. The molecule has 2 heterocycles. The van der Waals surface area contributed by atoms with Crippen LogP contribution in [0, 0.1) is 6.92 Å². The smallest absolute Gasteiger partial charge is 0.0535 e. The summed E-state index contributed by atoms with van der Waals surface area (Å²) in [5.74, 6) is 0. The summed E-state index contributed by atoms with van der Waals surface area (Å²) in [6.45, 7) is 5.30. The molecule has 0 aromatic carbocycles. The second kappa shape index (κ2) is 4.57. The number of piperidine rings is 1. The topological polar surface area (TPSA) is 44.0 Å². The molecule has 0 amide bonds. The molecule has 0 bridgehead atoms. The fourth-order valence-corrected chi connectivity index (χ4v) is 1.80. The molecule has 14 heavy (non-hydrogen) atoms. The number of H-pyrrole nitrogens is 1. The van der Waals surface area contributed by atoms with E-state index in [2.05, 4.69) is 27.6 Å². The van der Waals surface area contributed by atoms with E-state index in [0.29, 0.717) is 0 Å². The zero-order valence-electron chi connectivity index (χ0n) is 8.71. The molecule has 1 aliphatic heterocycles. The molecule has 1 fully saturated rings. The van der Waals surface area contributed by atoms with Crippen LogP contribution in [-0.2, 0) is 6.54 Å². The largest absolute Gasteiger partial charge is 0.283 e. The summed E-state index contributed by atoms with van der Waals surface area (Å²) in [6, 6.07) is 0. The first-order valence-electron chi connectivity index (χ1n) is 5.33. The Morgan fingerprint density at radius 1 is 1.43 bits per heavy atom. The van der Waals surface area contributed by atoms with Gasteiger partial charge >= 0.3 is 0 Å². The van der Waals surface area contributed by atoms with Crippen LogP contribution >= 0.6 is 0 Å². The van der Waals surface area contributed by atoms with Gasteiger partial charge < -0.3 is 0 Å². The highest BCUT2D eigenvalue weighted by Gasteiger charge is 2.09. The van der Waals surface area contributed by atoms with Crippen molar-refractivity contribution in [2.45, 2.75) is 32.7 Å². The van der Waals surface area contributed by atoms with E-state index in [9.17, 15) is 0 Å². The standard InChI is InChI=1S/C10H18N4/c1-9-10(7-11-13-9)8-12-14-5-3-2-4-6-14/h7,12H,2-6,8H2,1H3,(H,11,13). The van der Waals surface area contributed by atoms with Gasteiger partial charge in [0.25, 0.3) is 0 Å². The highest BCUT2D eigenvalue weighted by Crippen LogP contribution is 2.07. The van der Waals surface area contributed by atoms with Crippen molar-refractivity contribution in [1.82, 2.24) is 20.6 Å². The maximum atomic E-state index is 4.00. The highest BCUT2D eigenvalue weighted by atomic mass is 15.5.